The van der Waals surface area contributed by atoms with Crippen LogP contribution in [0.5, 0.6) is 0 Å². The van der Waals surface area contributed by atoms with Gasteiger partial charge in [0.05, 0.1) is 5.56 Å². The number of benzene rings is 2. The lowest BCUT2D eigenvalue weighted by Crippen LogP contribution is -2.35. The Morgan fingerprint density at radius 2 is 1.41 bits per heavy atom. The maximum absolute atomic E-state index is 12.0. The van der Waals surface area contributed by atoms with Crippen LogP contribution in [0.15, 0.2) is 52.1 Å². The fraction of sp³-hybridized carbons (Fsp3) is 0.158. The van der Waals surface area contributed by atoms with Gasteiger partial charge in [-0.15, -0.1) is 0 Å². The number of hydrogen-bond donors (Lipinski definition) is 1. The lowest BCUT2D eigenvalue weighted by Gasteiger charge is -2.15. The SMILES string of the molecule is Cc1ccc(-c2c(Nc3cc(C)ccc3C)c(=O)c2=O)cc1. The molecule has 0 radical (unpaired) electrons. The van der Waals surface area contributed by atoms with Crippen LogP contribution in [-0.4, -0.2) is 0 Å². The van der Waals surface area contributed by atoms with E-state index in [0.717, 1.165) is 27.9 Å². The molecule has 0 bridgehead atoms. The van der Waals surface area contributed by atoms with Crippen molar-refractivity contribution in [1.82, 2.24) is 0 Å². The molecule has 0 atom stereocenters. The number of nitrogens with one attached hydrogen (secondary N) is 1. The molecule has 3 aromatic carbocycles. The van der Waals surface area contributed by atoms with Crippen LogP contribution in [0.25, 0.3) is 11.1 Å². The summed E-state index contributed by atoms with van der Waals surface area (Å²) in [4.78, 5) is 23.9. The molecule has 3 nitrogen and oxygen atoms in total. The molecule has 0 unspecified atom stereocenters. The zero-order valence-corrected chi connectivity index (χ0v) is 12.9. The molecule has 110 valence electrons. The van der Waals surface area contributed by atoms with E-state index in [1.54, 1.807) is 0 Å². The largest absolute Gasteiger partial charge is 0.351 e. The van der Waals surface area contributed by atoms with E-state index in [4.69, 9.17) is 0 Å². The van der Waals surface area contributed by atoms with Gasteiger partial charge in [-0.3, -0.25) is 9.59 Å². The molecule has 0 aromatic heterocycles. The van der Waals surface area contributed by atoms with Crippen molar-refractivity contribution in [2.75, 3.05) is 5.32 Å². The quantitative estimate of drug-likeness (QED) is 0.750. The molecule has 0 spiro atoms. The van der Waals surface area contributed by atoms with Crippen LogP contribution < -0.4 is 16.2 Å². The van der Waals surface area contributed by atoms with Crippen molar-refractivity contribution in [3.63, 3.8) is 0 Å². The zero-order valence-electron chi connectivity index (χ0n) is 12.9. The van der Waals surface area contributed by atoms with Crippen LogP contribution in [0, 0.1) is 20.8 Å². The molecule has 22 heavy (non-hydrogen) atoms. The van der Waals surface area contributed by atoms with Gasteiger partial charge in [0, 0.05) is 5.69 Å². The fourth-order valence-corrected chi connectivity index (χ4v) is 2.51. The zero-order chi connectivity index (χ0) is 15.9. The third-order valence-corrected chi connectivity index (χ3v) is 3.90. The highest BCUT2D eigenvalue weighted by molar-refractivity contribution is 5.85. The third-order valence-electron chi connectivity index (χ3n) is 3.90. The summed E-state index contributed by atoms with van der Waals surface area (Å²) in [6.45, 7) is 5.95. The van der Waals surface area contributed by atoms with Gasteiger partial charge in [0.25, 0.3) is 5.43 Å². The van der Waals surface area contributed by atoms with E-state index in [9.17, 15) is 9.59 Å². The van der Waals surface area contributed by atoms with Crippen LogP contribution in [-0.2, 0) is 0 Å². The molecular weight excluding hydrogens is 274 g/mol. The van der Waals surface area contributed by atoms with Crippen molar-refractivity contribution >= 4 is 11.4 Å². The minimum atomic E-state index is -0.448. The number of hydrogen-bond acceptors (Lipinski definition) is 3. The predicted molar refractivity (Wildman–Crippen MR) is 90.7 cm³/mol. The Bertz CT molecular complexity index is 914. The summed E-state index contributed by atoms with van der Waals surface area (Å²) < 4.78 is 0. The standard InChI is InChI=1S/C19H17NO2/c1-11-5-8-14(9-6-11)16-17(19(22)18(16)21)20-15-10-12(2)4-7-13(15)3/h4-10,20H,1-3H3. The van der Waals surface area contributed by atoms with Crippen molar-refractivity contribution in [3.8, 4) is 11.1 Å². The van der Waals surface area contributed by atoms with Gasteiger partial charge in [-0.05, 0) is 43.5 Å². The molecule has 0 aliphatic carbocycles. The molecule has 0 saturated heterocycles. The molecule has 0 heterocycles. The topological polar surface area (TPSA) is 46.2 Å². The highest BCUT2D eigenvalue weighted by atomic mass is 16.2. The average molecular weight is 291 g/mol. The second-order valence-electron chi connectivity index (χ2n) is 5.72. The summed E-state index contributed by atoms with van der Waals surface area (Å²) in [5, 5.41) is 3.14. The van der Waals surface area contributed by atoms with Crippen LogP contribution in [0.4, 0.5) is 11.4 Å². The smallest absolute Gasteiger partial charge is 0.250 e. The lowest BCUT2D eigenvalue weighted by atomic mass is 9.97. The van der Waals surface area contributed by atoms with E-state index in [1.165, 1.54) is 0 Å². The van der Waals surface area contributed by atoms with E-state index < -0.39 is 10.9 Å². The minimum Gasteiger partial charge on any atom is -0.351 e. The number of aryl methyl sites for hydroxylation is 3. The Morgan fingerprint density at radius 3 is 2.09 bits per heavy atom. The molecule has 0 saturated carbocycles. The molecule has 0 amide bonds. The molecule has 0 aliphatic rings. The van der Waals surface area contributed by atoms with E-state index in [1.807, 2.05) is 63.2 Å². The molecule has 0 aliphatic heterocycles. The molecule has 3 heteroatoms. The van der Waals surface area contributed by atoms with Crippen LogP contribution in [0.1, 0.15) is 16.7 Å². The van der Waals surface area contributed by atoms with Crippen molar-refractivity contribution in [2.45, 2.75) is 20.8 Å². The van der Waals surface area contributed by atoms with E-state index in [2.05, 4.69) is 5.32 Å². The van der Waals surface area contributed by atoms with Gasteiger partial charge >= 0.3 is 0 Å². The van der Waals surface area contributed by atoms with Crippen LogP contribution in [0.3, 0.4) is 0 Å². The van der Waals surface area contributed by atoms with Gasteiger partial charge < -0.3 is 5.32 Å². The highest BCUT2D eigenvalue weighted by Crippen LogP contribution is 2.28. The second-order valence-corrected chi connectivity index (χ2v) is 5.72. The Morgan fingerprint density at radius 1 is 0.773 bits per heavy atom. The summed E-state index contributed by atoms with van der Waals surface area (Å²) >= 11 is 0. The number of rotatable bonds is 3. The van der Waals surface area contributed by atoms with Gasteiger partial charge in [-0.25, -0.2) is 0 Å². The first-order valence-corrected chi connectivity index (χ1v) is 7.22. The van der Waals surface area contributed by atoms with Crippen molar-refractivity contribution in [1.29, 1.82) is 0 Å². The van der Waals surface area contributed by atoms with Crippen molar-refractivity contribution in [3.05, 3.63) is 79.6 Å². The molecule has 3 aromatic rings. The highest BCUT2D eigenvalue weighted by Gasteiger charge is 2.22. The molecular formula is C19H17NO2. The summed E-state index contributed by atoms with van der Waals surface area (Å²) in [7, 11) is 0. The number of anilines is 2. The first-order valence-electron chi connectivity index (χ1n) is 7.22. The van der Waals surface area contributed by atoms with Gasteiger partial charge in [0.1, 0.15) is 5.69 Å². The van der Waals surface area contributed by atoms with Crippen molar-refractivity contribution in [2.24, 2.45) is 0 Å². The molecule has 3 rings (SSSR count). The minimum absolute atomic E-state index is 0.391. The Labute approximate surface area is 128 Å². The third kappa shape index (κ3) is 2.35. The summed E-state index contributed by atoms with van der Waals surface area (Å²) in [5.74, 6) is 0. The maximum Gasteiger partial charge on any atom is 0.250 e. The Balaban J connectivity index is 2.04. The van der Waals surface area contributed by atoms with Crippen LogP contribution >= 0.6 is 0 Å². The van der Waals surface area contributed by atoms with Crippen molar-refractivity contribution < 1.29 is 0 Å². The van der Waals surface area contributed by atoms with E-state index in [0.29, 0.717) is 11.3 Å². The molecule has 0 fully saturated rings. The summed E-state index contributed by atoms with van der Waals surface area (Å²) in [5.41, 5.74) is 4.90. The average Bonchev–Trinajstić information content (AvgIpc) is 2.51. The molecule has 1 N–H and O–H groups in total. The summed E-state index contributed by atoms with van der Waals surface area (Å²) in [6, 6.07) is 13.6. The van der Waals surface area contributed by atoms with Gasteiger partial charge in [-0.2, -0.15) is 0 Å². The normalized spacial score (nSPS) is 10.9. The fourth-order valence-electron chi connectivity index (χ4n) is 2.51. The van der Waals surface area contributed by atoms with Crippen LogP contribution in [0.2, 0.25) is 0 Å². The lowest BCUT2D eigenvalue weighted by molar-refractivity contribution is 1.33. The summed E-state index contributed by atoms with van der Waals surface area (Å²) in [6.07, 6.45) is 0. The Kier molecular flexibility index (Phi) is 3.41. The maximum atomic E-state index is 12.0. The predicted octanol–water partition coefficient (Wildman–Crippen LogP) is 3.62. The van der Waals surface area contributed by atoms with Gasteiger partial charge in [0.2, 0.25) is 5.43 Å². The van der Waals surface area contributed by atoms with Gasteiger partial charge in [-0.1, -0.05) is 42.0 Å². The monoisotopic (exact) mass is 291 g/mol. The Hall–Kier alpha value is -2.68. The first-order chi connectivity index (χ1) is 10.5. The van der Waals surface area contributed by atoms with E-state index >= 15 is 0 Å². The van der Waals surface area contributed by atoms with E-state index in [-0.39, 0.29) is 0 Å². The van der Waals surface area contributed by atoms with Gasteiger partial charge in [0.15, 0.2) is 0 Å². The first kappa shape index (κ1) is 14.3. The second kappa shape index (κ2) is 5.26.